The van der Waals surface area contributed by atoms with Crippen LogP contribution in [0, 0.1) is 11.3 Å². The number of carbonyl (C=O) groups excluding carboxylic acids is 1. The average Bonchev–Trinajstić information content (AvgIpc) is 2.73. The summed E-state index contributed by atoms with van der Waals surface area (Å²) in [5.74, 6) is -0.588. The maximum Gasteiger partial charge on any atom is 0.280 e. The summed E-state index contributed by atoms with van der Waals surface area (Å²) in [6.45, 7) is 0. The quantitative estimate of drug-likeness (QED) is 0.741. The van der Waals surface area contributed by atoms with Crippen molar-refractivity contribution >= 4 is 11.7 Å². The molecule has 0 aliphatic heterocycles. The molecule has 2 heterocycles. The third-order valence-electron chi connectivity index (χ3n) is 2.47. The molecule has 90 valence electrons. The van der Waals surface area contributed by atoms with Crippen LogP contribution in [0.5, 0.6) is 0 Å². The predicted molar refractivity (Wildman–Crippen MR) is 62.8 cm³/mol. The third-order valence-corrected chi connectivity index (χ3v) is 2.47. The zero-order chi connectivity index (χ0) is 13.3. The fraction of sp³-hybridized carbons (Fsp3) is 0.0909. The Bertz CT molecular complexity index is 720. The largest absolute Gasteiger partial charge is 0.382 e. The van der Waals surface area contributed by atoms with E-state index in [-0.39, 0.29) is 22.5 Å². The topological polar surface area (TPSA) is 107 Å². The number of rotatable bonds is 1. The Kier molecular flexibility index (Phi) is 2.69. The van der Waals surface area contributed by atoms with E-state index in [4.69, 9.17) is 11.0 Å². The van der Waals surface area contributed by atoms with Gasteiger partial charge in [-0.2, -0.15) is 15.0 Å². The first-order chi connectivity index (χ1) is 8.54. The minimum Gasteiger partial charge on any atom is -0.382 e. The number of nitrogens with zero attached hydrogens (tertiary/aromatic N) is 4. The molecule has 0 fully saturated rings. The van der Waals surface area contributed by atoms with Crippen molar-refractivity contribution in [1.82, 2.24) is 14.3 Å². The molecular formula is C11H9N5O2. The van der Waals surface area contributed by atoms with Gasteiger partial charge in [-0.3, -0.25) is 9.59 Å². The molecule has 2 aromatic rings. The molecule has 0 saturated carbocycles. The van der Waals surface area contributed by atoms with E-state index in [0.717, 1.165) is 4.68 Å². The van der Waals surface area contributed by atoms with E-state index in [1.807, 2.05) is 6.07 Å². The first-order valence-electron chi connectivity index (χ1n) is 4.99. The molecule has 0 aliphatic rings. The van der Waals surface area contributed by atoms with Crippen molar-refractivity contribution in [2.45, 2.75) is 0 Å². The standard InChI is InChI=1S/C11H9N5O2/c1-15-3-2-7(4-9(15)17)11(18)16-10(13)8(5-12)6-14-16/h2-4,6H,13H2,1H3. The number of aromatic nitrogens is 3. The van der Waals surface area contributed by atoms with Gasteiger partial charge in [-0.25, -0.2) is 0 Å². The normalized spacial score (nSPS) is 10.0. The Morgan fingerprint density at radius 1 is 1.56 bits per heavy atom. The van der Waals surface area contributed by atoms with Gasteiger partial charge in [-0.15, -0.1) is 0 Å². The second-order valence-electron chi connectivity index (χ2n) is 3.64. The first kappa shape index (κ1) is 11.6. The molecule has 2 aromatic heterocycles. The molecule has 0 amide bonds. The minimum absolute atomic E-state index is 0.0387. The zero-order valence-corrected chi connectivity index (χ0v) is 9.49. The maximum absolute atomic E-state index is 12.0. The van der Waals surface area contributed by atoms with Gasteiger partial charge in [0.05, 0.1) is 6.20 Å². The van der Waals surface area contributed by atoms with Gasteiger partial charge in [-0.05, 0) is 6.07 Å². The number of pyridine rings is 1. The summed E-state index contributed by atoms with van der Waals surface area (Å²) in [7, 11) is 1.58. The molecule has 0 unspecified atom stereocenters. The highest BCUT2D eigenvalue weighted by Gasteiger charge is 2.15. The molecule has 7 nitrogen and oxygen atoms in total. The van der Waals surface area contributed by atoms with E-state index in [9.17, 15) is 9.59 Å². The number of nitriles is 1. The fourth-order valence-electron chi connectivity index (χ4n) is 1.41. The third kappa shape index (κ3) is 1.76. The van der Waals surface area contributed by atoms with Crippen molar-refractivity contribution in [1.29, 1.82) is 5.26 Å². The summed E-state index contributed by atoms with van der Waals surface area (Å²) in [5, 5.41) is 12.4. The Labute approximate surface area is 102 Å². The molecule has 0 aliphatic carbocycles. The summed E-state index contributed by atoms with van der Waals surface area (Å²) < 4.78 is 2.23. The molecule has 0 atom stereocenters. The molecule has 0 spiro atoms. The number of nitrogens with two attached hydrogens (primary N) is 1. The van der Waals surface area contributed by atoms with Crippen LogP contribution in [0.25, 0.3) is 0 Å². The van der Waals surface area contributed by atoms with Crippen molar-refractivity contribution in [2.24, 2.45) is 7.05 Å². The van der Waals surface area contributed by atoms with Gasteiger partial charge in [-0.1, -0.05) is 0 Å². The number of hydrogen-bond donors (Lipinski definition) is 1. The highest BCUT2D eigenvalue weighted by molar-refractivity contribution is 5.97. The maximum atomic E-state index is 12.0. The van der Waals surface area contributed by atoms with Gasteiger partial charge in [0, 0.05) is 24.9 Å². The lowest BCUT2D eigenvalue weighted by Crippen LogP contribution is -2.21. The van der Waals surface area contributed by atoms with Crippen LogP contribution in [0.4, 0.5) is 5.82 Å². The summed E-state index contributed by atoms with van der Waals surface area (Å²) in [6, 6.07) is 4.49. The van der Waals surface area contributed by atoms with Gasteiger partial charge in [0.15, 0.2) is 0 Å². The van der Waals surface area contributed by atoms with Gasteiger partial charge in [0.2, 0.25) is 0 Å². The number of anilines is 1. The van der Waals surface area contributed by atoms with Crippen molar-refractivity contribution < 1.29 is 4.79 Å². The van der Waals surface area contributed by atoms with Crippen LogP contribution < -0.4 is 11.3 Å². The SMILES string of the molecule is Cn1ccc(C(=O)n2ncc(C#N)c2N)cc1=O. The second kappa shape index (κ2) is 4.18. The van der Waals surface area contributed by atoms with Crippen LogP contribution in [0.3, 0.4) is 0 Å². The predicted octanol–water partition coefficient (Wildman–Crippen LogP) is -0.276. The summed E-state index contributed by atoms with van der Waals surface area (Å²) >= 11 is 0. The van der Waals surface area contributed by atoms with Crippen molar-refractivity contribution in [3.8, 4) is 6.07 Å². The van der Waals surface area contributed by atoms with Gasteiger partial charge >= 0.3 is 0 Å². The number of hydrogen-bond acceptors (Lipinski definition) is 5. The monoisotopic (exact) mass is 243 g/mol. The highest BCUT2D eigenvalue weighted by Crippen LogP contribution is 2.11. The van der Waals surface area contributed by atoms with Crippen LogP contribution >= 0.6 is 0 Å². The first-order valence-corrected chi connectivity index (χ1v) is 4.99. The Balaban J connectivity index is 2.48. The highest BCUT2D eigenvalue weighted by atomic mass is 16.2. The van der Waals surface area contributed by atoms with Crippen LogP contribution in [0.1, 0.15) is 15.9 Å². The number of nitrogen functional groups attached to an aromatic ring is 1. The lowest BCUT2D eigenvalue weighted by atomic mass is 10.2. The van der Waals surface area contributed by atoms with Crippen LogP contribution in [-0.2, 0) is 7.05 Å². The molecule has 0 bridgehead atoms. The molecule has 2 rings (SSSR count). The van der Waals surface area contributed by atoms with Gasteiger partial charge in [0.25, 0.3) is 11.5 Å². The lowest BCUT2D eigenvalue weighted by molar-refractivity contribution is 0.0947. The summed E-state index contributed by atoms with van der Waals surface area (Å²) in [6.07, 6.45) is 2.68. The van der Waals surface area contributed by atoms with Crippen molar-refractivity contribution in [2.75, 3.05) is 5.73 Å². The number of aryl methyl sites for hydroxylation is 1. The minimum atomic E-state index is -0.549. The second-order valence-corrected chi connectivity index (χ2v) is 3.64. The smallest absolute Gasteiger partial charge is 0.280 e. The summed E-state index contributed by atoms with van der Waals surface area (Å²) in [5.41, 5.74) is 5.56. The Morgan fingerprint density at radius 2 is 2.28 bits per heavy atom. The van der Waals surface area contributed by atoms with Gasteiger partial charge < -0.3 is 10.3 Å². The molecule has 2 N–H and O–H groups in total. The zero-order valence-electron chi connectivity index (χ0n) is 9.49. The lowest BCUT2D eigenvalue weighted by Gasteiger charge is -2.03. The Morgan fingerprint density at radius 3 is 2.83 bits per heavy atom. The molecule has 18 heavy (non-hydrogen) atoms. The molecular weight excluding hydrogens is 234 g/mol. The van der Waals surface area contributed by atoms with Crippen LogP contribution in [0.15, 0.2) is 29.3 Å². The van der Waals surface area contributed by atoms with E-state index in [2.05, 4.69) is 5.10 Å². The van der Waals surface area contributed by atoms with Crippen LogP contribution in [-0.4, -0.2) is 20.3 Å². The Hall–Kier alpha value is -2.88. The average molecular weight is 243 g/mol. The number of carbonyl (C=O) groups is 1. The van der Waals surface area contributed by atoms with E-state index >= 15 is 0 Å². The van der Waals surface area contributed by atoms with E-state index in [1.54, 1.807) is 7.05 Å². The van der Waals surface area contributed by atoms with E-state index in [1.165, 1.54) is 29.1 Å². The molecule has 0 aromatic carbocycles. The molecule has 0 radical (unpaired) electrons. The van der Waals surface area contributed by atoms with Gasteiger partial charge in [0.1, 0.15) is 17.5 Å². The van der Waals surface area contributed by atoms with E-state index < -0.39 is 5.91 Å². The van der Waals surface area contributed by atoms with Crippen molar-refractivity contribution in [3.05, 3.63) is 46.0 Å². The molecule has 7 heteroatoms. The molecule has 0 saturated heterocycles. The van der Waals surface area contributed by atoms with Crippen molar-refractivity contribution in [3.63, 3.8) is 0 Å². The van der Waals surface area contributed by atoms with E-state index in [0.29, 0.717) is 0 Å². The fourth-order valence-corrected chi connectivity index (χ4v) is 1.41. The van der Waals surface area contributed by atoms with Crippen LogP contribution in [0.2, 0.25) is 0 Å². The summed E-state index contributed by atoms with van der Waals surface area (Å²) in [4.78, 5) is 23.4.